The second-order valence-corrected chi connectivity index (χ2v) is 8.39. The molecule has 1 N–H and O–H groups in total. The van der Waals surface area contributed by atoms with Gasteiger partial charge < -0.3 is 19.4 Å². The minimum Gasteiger partial charge on any atom is -0.497 e. The fourth-order valence-electron chi connectivity index (χ4n) is 3.82. The van der Waals surface area contributed by atoms with Crippen LogP contribution >= 0.6 is 11.6 Å². The molecule has 4 aromatic rings. The lowest BCUT2D eigenvalue weighted by molar-refractivity contribution is -0.120. The molecule has 0 radical (unpaired) electrons. The summed E-state index contributed by atoms with van der Waals surface area (Å²) in [6, 6.07) is 23.0. The highest BCUT2D eigenvalue weighted by atomic mass is 35.5. The summed E-state index contributed by atoms with van der Waals surface area (Å²) in [4.78, 5) is 17.1. The van der Waals surface area contributed by atoms with Crippen LogP contribution < -0.4 is 14.8 Å². The van der Waals surface area contributed by atoms with Crippen LogP contribution in [0.1, 0.15) is 17.8 Å². The van der Waals surface area contributed by atoms with Crippen molar-refractivity contribution < 1.29 is 14.3 Å². The molecule has 0 bridgehead atoms. The Balaban J connectivity index is 1.31. The van der Waals surface area contributed by atoms with E-state index in [1.54, 1.807) is 19.2 Å². The van der Waals surface area contributed by atoms with Gasteiger partial charge >= 0.3 is 0 Å². The smallest absolute Gasteiger partial charge is 0.224 e. The number of aromatic nitrogens is 2. The zero-order chi connectivity index (χ0) is 23.8. The average molecular weight is 478 g/mol. The summed E-state index contributed by atoms with van der Waals surface area (Å²) in [6.07, 6.45) is 1.91. The Kier molecular flexibility index (Phi) is 8.04. The largest absolute Gasteiger partial charge is 0.497 e. The van der Waals surface area contributed by atoms with Crippen molar-refractivity contribution in [1.82, 2.24) is 14.9 Å². The highest BCUT2D eigenvalue weighted by molar-refractivity contribution is 6.30. The normalized spacial score (nSPS) is 10.9. The molecule has 1 aromatic heterocycles. The van der Waals surface area contributed by atoms with Crippen LogP contribution in [0.2, 0.25) is 5.02 Å². The van der Waals surface area contributed by atoms with Crippen molar-refractivity contribution in [3.8, 4) is 11.5 Å². The standard InChI is InChI=1S/C27H28ClN3O3/c1-33-22-12-14-23(15-13-22)34-18-17-31-25-6-3-2-5-24(25)30-26(31)7-4-16-29-27(32)19-20-8-10-21(28)11-9-20/h2-3,5-6,8-15H,4,7,16-19H2,1H3,(H,29,32). The summed E-state index contributed by atoms with van der Waals surface area (Å²) in [5.74, 6) is 2.60. The van der Waals surface area contributed by atoms with Gasteiger partial charge in [0.05, 0.1) is 31.1 Å². The minimum absolute atomic E-state index is 0.00344. The fourth-order valence-corrected chi connectivity index (χ4v) is 3.94. The molecule has 0 aliphatic carbocycles. The number of carbonyl (C=O) groups is 1. The molecule has 0 saturated heterocycles. The monoisotopic (exact) mass is 477 g/mol. The number of halogens is 1. The molecule has 4 rings (SSSR count). The zero-order valence-corrected chi connectivity index (χ0v) is 19.9. The van der Waals surface area contributed by atoms with Gasteiger partial charge in [0, 0.05) is 18.0 Å². The number of carbonyl (C=O) groups excluding carboxylic acids is 1. The van der Waals surface area contributed by atoms with Crippen LogP contribution in [0.25, 0.3) is 11.0 Å². The number of hydrogen-bond acceptors (Lipinski definition) is 4. The Hall–Kier alpha value is -3.51. The molecule has 34 heavy (non-hydrogen) atoms. The Morgan fingerprint density at radius 2 is 1.74 bits per heavy atom. The van der Waals surface area contributed by atoms with Crippen molar-refractivity contribution >= 4 is 28.5 Å². The van der Waals surface area contributed by atoms with Crippen LogP contribution in [0.5, 0.6) is 11.5 Å². The van der Waals surface area contributed by atoms with Gasteiger partial charge in [-0.05, 0) is 60.5 Å². The van der Waals surface area contributed by atoms with Crippen molar-refractivity contribution in [1.29, 1.82) is 0 Å². The van der Waals surface area contributed by atoms with E-state index >= 15 is 0 Å². The molecule has 7 heteroatoms. The first-order valence-electron chi connectivity index (χ1n) is 11.3. The predicted molar refractivity (Wildman–Crippen MR) is 135 cm³/mol. The number of ether oxygens (including phenoxy) is 2. The highest BCUT2D eigenvalue weighted by Crippen LogP contribution is 2.19. The number of amides is 1. The Morgan fingerprint density at radius 3 is 2.50 bits per heavy atom. The third-order valence-corrected chi connectivity index (χ3v) is 5.81. The number of nitrogens with zero attached hydrogens (tertiary/aromatic N) is 2. The van der Waals surface area contributed by atoms with Gasteiger partial charge in [0.2, 0.25) is 5.91 Å². The van der Waals surface area contributed by atoms with Gasteiger partial charge in [-0.15, -0.1) is 0 Å². The summed E-state index contributed by atoms with van der Waals surface area (Å²) >= 11 is 5.90. The number of rotatable bonds is 11. The highest BCUT2D eigenvalue weighted by Gasteiger charge is 2.11. The van der Waals surface area contributed by atoms with Crippen molar-refractivity contribution in [2.24, 2.45) is 0 Å². The molecule has 1 amide bonds. The number of fused-ring (bicyclic) bond motifs is 1. The van der Waals surface area contributed by atoms with Crippen LogP contribution in [0.4, 0.5) is 0 Å². The first kappa shape index (κ1) is 23.6. The van der Waals surface area contributed by atoms with Crippen LogP contribution in [-0.2, 0) is 24.2 Å². The number of methoxy groups -OCH3 is 1. The van der Waals surface area contributed by atoms with E-state index in [1.807, 2.05) is 54.6 Å². The molecule has 0 fully saturated rings. The lowest BCUT2D eigenvalue weighted by Gasteiger charge is -2.11. The Bertz CT molecular complexity index is 1220. The first-order chi connectivity index (χ1) is 16.6. The van der Waals surface area contributed by atoms with E-state index in [0.29, 0.717) is 31.1 Å². The molecule has 0 atom stereocenters. The van der Waals surface area contributed by atoms with Crippen molar-refractivity contribution in [3.05, 3.63) is 89.2 Å². The quantitative estimate of drug-likeness (QED) is 0.306. The van der Waals surface area contributed by atoms with E-state index in [0.717, 1.165) is 46.8 Å². The number of para-hydroxylation sites is 2. The van der Waals surface area contributed by atoms with Gasteiger partial charge in [0.15, 0.2) is 0 Å². The number of benzene rings is 3. The van der Waals surface area contributed by atoms with Gasteiger partial charge in [-0.1, -0.05) is 35.9 Å². The Morgan fingerprint density at radius 1 is 1.00 bits per heavy atom. The molecule has 1 heterocycles. The molecule has 6 nitrogen and oxygen atoms in total. The van der Waals surface area contributed by atoms with Crippen LogP contribution in [0.3, 0.4) is 0 Å². The van der Waals surface area contributed by atoms with Crippen LogP contribution in [0.15, 0.2) is 72.8 Å². The topological polar surface area (TPSA) is 65.4 Å². The molecular formula is C27H28ClN3O3. The van der Waals surface area contributed by atoms with Crippen LogP contribution in [-0.4, -0.2) is 35.7 Å². The van der Waals surface area contributed by atoms with Gasteiger partial charge in [0.25, 0.3) is 0 Å². The summed E-state index contributed by atoms with van der Waals surface area (Å²) in [5.41, 5.74) is 3.00. The molecule has 176 valence electrons. The lowest BCUT2D eigenvalue weighted by Crippen LogP contribution is -2.26. The fraction of sp³-hybridized carbons (Fsp3) is 0.259. The maximum absolute atomic E-state index is 12.2. The third kappa shape index (κ3) is 6.29. The van der Waals surface area contributed by atoms with Crippen molar-refractivity contribution in [3.63, 3.8) is 0 Å². The van der Waals surface area contributed by atoms with E-state index < -0.39 is 0 Å². The number of aryl methyl sites for hydroxylation is 1. The minimum atomic E-state index is 0.00344. The van der Waals surface area contributed by atoms with E-state index in [4.69, 9.17) is 26.1 Å². The second-order valence-electron chi connectivity index (χ2n) is 7.95. The van der Waals surface area contributed by atoms with Gasteiger partial charge in [-0.2, -0.15) is 0 Å². The molecule has 3 aromatic carbocycles. The summed E-state index contributed by atoms with van der Waals surface area (Å²) < 4.78 is 13.3. The molecule has 0 saturated carbocycles. The number of imidazole rings is 1. The van der Waals surface area contributed by atoms with Crippen molar-refractivity contribution in [2.75, 3.05) is 20.3 Å². The lowest BCUT2D eigenvalue weighted by atomic mass is 10.1. The van der Waals surface area contributed by atoms with Gasteiger partial charge in [-0.3, -0.25) is 4.79 Å². The van der Waals surface area contributed by atoms with Crippen molar-refractivity contribution in [2.45, 2.75) is 25.8 Å². The number of hydrogen-bond donors (Lipinski definition) is 1. The summed E-state index contributed by atoms with van der Waals surface area (Å²) in [7, 11) is 1.65. The van der Waals surface area contributed by atoms with E-state index in [9.17, 15) is 4.79 Å². The van der Waals surface area contributed by atoms with E-state index in [2.05, 4.69) is 16.0 Å². The average Bonchev–Trinajstić information content (AvgIpc) is 3.21. The predicted octanol–water partition coefficient (Wildman–Crippen LogP) is 5.07. The summed E-state index contributed by atoms with van der Waals surface area (Å²) in [6.45, 7) is 1.81. The van der Waals surface area contributed by atoms with E-state index in [-0.39, 0.29) is 5.91 Å². The Labute approximate surface area is 204 Å². The molecule has 0 aliphatic heterocycles. The zero-order valence-electron chi connectivity index (χ0n) is 19.2. The SMILES string of the molecule is COc1ccc(OCCn2c(CCCNC(=O)Cc3ccc(Cl)cc3)nc3ccccc32)cc1. The molecule has 0 spiro atoms. The van der Waals surface area contributed by atoms with Crippen LogP contribution in [0, 0.1) is 0 Å². The van der Waals surface area contributed by atoms with Gasteiger partial charge in [0.1, 0.15) is 23.9 Å². The molecule has 0 unspecified atom stereocenters. The maximum atomic E-state index is 12.2. The maximum Gasteiger partial charge on any atom is 0.224 e. The van der Waals surface area contributed by atoms with Gasteiger partial charge in [-0.25, -0.2) is 4.98 Å². The summed E-state index contributed by atoms with van der Waals surface area (Å²) in [5, 5.41) is 3.67. The second kappa shape index (κ2) is 11.6. The first-order valence-corrected chi connectivity index (χ1v) is 11.7. The van der Waals surface area contributed by atoms with E-state index in [1.165, 1.54) is 0 Å². The third-order valence-electron chi connectivity index (χ3n) is 5.55. The molecular weight excluding hydrogens is 450 g/mol. The molecule has 0 aliphatic rings. The number of nitrogens with one attached hydrogen (secondary N) is 1.